The molecular weight excluding hydrogens is 516 g/mol. The van der Waals surface area contributed by atoms with Gasteiger partial charge in [0.25, 0.3) is 0 Å². The molecule has 0 radical (unpaired) electrons. The number of carbonyl (C=O) groups is 6. The van der Waals surface area contributed by atoms with Crippen molar-refractivity contribution in [3.63, 3.8) is 0 Å². The molecule has 0 fully saturated rings. The molecule has 0 aliphatic carbocycles. The number of imide groups is 2. The maximum Gasteiger partial charge on any atom is 0.414 e. The first-order valence-electron chi connectivity index (χ1n) is 11.7. The average molecular weight is 549 g/mol. The number of rotatable bonds is 14. The van der Waals surface area contributed by atoms with Gasteiger partial charge in [-0.2, -0.15) is 0 Å². The Kier molecular flexibility index (Phi) is 14.2. The number of hydrogen-bond donors (Lipinski definition) is 4. The summed E-state index contributed by atoms with van der Waals surface area (Å²) in [7, 11) is 0. The molecule has 0 heterocycles. The first kappa shape index (κ1) is 32.5. The van der Waals surface area contributed by atoms with Gasteiger partial charge >= 0.3 is 24.1 Å². The Morgan fingerprint density at radius 1 is 0.821 bits per heavy atom. The van der Waals surface area contributed by atoms with Gasteiger partial charge in [0, 0.05) is 12.8 Å². The van der Waals surface area contributed by atoms with Crippen LogP contribution in [-0.4, -0.2) is 61.2 Å². The second kappa shape index (κ2) is 17.0. The Morgan fingerprint density at radius 2 is 1.28 bits per heavy atom. The lowest BCUT2D eigenvalue weighted by Crippen LogP contribution is -2.38. The lowest BCUT2D eigenvalue weighted by molar-refractivity contribution is -0.139. The van der Waals surface area contributed by atoms with Crippen LogP contribution < -0.4 is 31.6 Å². The highest BCUT2D eigenvalue weighted by atomic mass is 16.6. The fourth-order valence-corrected chi connectivity index (χ4v) is 2.70. The summed E-state index contributed by atoms with van der Waals surface area (Å²) in [6, 6.07) is 1.99. The van der Waals surface area contributed by atoms with E-state index in [1.165, 1.54) is 18.2 Å². The monoisotopic (exact) mass is 548 g/mol. The molecule has 14 heteroatoms. The van der Waals surface area contributed by atoms with E-state index in [0.717, 1.165) is 0 Å². The summed E-state index contributed by atoms with van der Waals surface area (Å²) in [5, 5.41) is 3.93. The van der Waals surface area contributed by atoms with Gasteiger partial charge in [0.1, 0.15) is 25.3 Å². The molecule has 1 aromatic carbocycles. The maximum absolute atomic E-state index is 12.5. The number of aryl methyl sites for hydroxylation is 1. The minimum Gasteiger partial charge on any atom is -0.445 e. The summed E-state index contributed by atoms with van der Waals surface area (Å²) in [5.41, 5.74) is 12.0. The lowest BCUT2D eigenvalue weighted by Gasteiger charge is -2.17. The molecule has 0 spiro atoms. The molecule has 212 valence electrons. The van der Waals surface area contributed by atoms with Gasteiger partial charge in [-0.15, -0.1) is 0 Å². The summed E-state index contributed by atoms with van der Waals surface area (Å²) in [5.74, 6) is -3.50. The summed E-state index contributed by atoms with van der Waals surface area (Å²) >= 11 is 0. The molecule has 2 atom stereocenters. The van der Waals surface area contributed by atoms with Crippen LogP contribution >= 0.6 is 0 Å². The first-order chi connectivity index (χ1) is 18.5. The van der Waals surface area contributed by atoms with Gasteiger partial charge in [-0.05, 0) is 31.4 Å². The van der Waals surface area contributed by atoms with Gasteiger partial charge in [0.05, 0.1) is 0 Å². The van der Waals surface area contributed by atoms with Crippen molar-refractivity contribution in [3.05, 3.63) is 49.1 Å². The van der Waals surface area contributed by atoms with E-state index in [-0.39, 0.29) is 50.4 Å². The number of benzene rings is 1. The predicted molar refractivity (Wildman–Crippen MR) is 136 cm³/mol. The van der Waals surface area contributed by atoms with E-state index in [1.54, 1.807) is 19.1 Å². The van der Waals surface area contributed by atoms with E-state index >= 15 is 0 Å². The second-order valence-corrected chi connectivity index (χ2v) is 7.91. The summed E-state index contributed by atoms with van der Waals surface area (Å²) in [6.45, 7) is 8.16. The standard InChI is InChI=1S/C25H32N4O10/c1-4-13-36-24(34)28-19(30)11-9-16(26)22(32)38-18-8-6-7-15(3)21(18)39-23(33)17(27)10-12-20(31)29-25(35)37-14-5-2/h4-8,16-17H,1-2,9-14,26-27H2,3H3,(H,28,30,34)(H,29,31,35)/t16-,17-/m0/s1. The molecule has 0 aliphatic rings. The zero-order chi connectivity index (χ0) is 29.4. The Morgan fingerprint density at radius 3 is 1.74 bits per heavy atom. The normalized spacial score (nSPS) is 11.7. The number of ether oxygens (including phenoxy) is 4. The van der Waals surface area contributed by atoms with Gasteiger partial charge in [0.2, 0.25) is 11.8 Å². The third kappa shape index (κ3) is 12.5. The van der Waals surface area contributed by atoms with Gasteiger partial charge < -0.3 is 30.4 Å². The Hall–Kier alpha value is -4.56. The van der Waals surface area contributed by atoms with Crippen molar-refractivity contribution < 1.29 is 47.7 Å². The Balaban J connectivity index is 2.67. The summed E-state index contributed by atoms with van der Waals surface area (Å²) in [6.07, 6.45) is -0.145. The van der Waals surface area contributed by atoms with Crippen molar-refractivity contribution in [1.82, 2.24) is 10.6 Å². The maximum atomic E-state index is 12.5. The quantitative estimate of drug-likeness (QED) is 0.145. The Labute approximate surface area is 224 Å². The number of alkyl carbamates (subject to hydrolysis) is 2. The van der Waals surface area contributed by atoms with Crippen LogP contribution in [0.5, 0.6) is 11.5 Å². The van der Waals surface area contributed by atoms with E-state index in [4.69, 9.17) is 20.9 Å². The molecule has 0 saturated carbocycles. The van der Waals surface area contributed by atoms with Crippen LogP contribution in [0.15, 0.2) is 43.5 Å². The molecule has 0 saturated heterocycles. The molecule has 1 aromatic rings. The molecule has 0 bridgehead atoms. The molecule has 0 aromatic heterocycles. The fraction of sp³-hybridized carbons (Fsp3) is 0.360. The van der Waals surface area contributed by atoms with E-state index in [1.807, 2.05) is 10.6 Å². The number of esters is 2. The largest absolute Gasteiger partial charge is 0.445 e. The average Bonchev–Trinajstić information content (AvgIpc) is 2.89. The second-order valence-electron chi connectivity index (χ2n) is 7.91. The third-order valence-electron chi connectivity index (χ3n) is 4.71. The minimum atomic E-state index is -1.25. The van der Waals surface area contributed by atoms with Crippen LogP contribution in [0.4, 0.5) is 9.59 Å². The van der Waals surface area contributed by atoms with Crippen LogP contribution in [0.1, 0.15) is 31.2 Å². The zero-order valence-electron chi connectivity index (χ0n) is 21.4. The number of nitrogens with one attached hydrogen (secondary N) is 2. The highest BCUT2D eigenvalue weighted by Gasteiger charge is 2.24. The minimum absolute atomic E-state index is 0.0819. The van der Waals surface area contributed by atoms with Crippen molar-refractivity contribution in [1.29, 1.82) is 0 Å². The SMILES string of the molecule is C=CCOC(=O)NC(=O)CC[C@H](N)C(=O)Oc1cccc(C)c1OC(=O)[C@@H](N)CCC(=O)NC(=O)OCC=C. The van der Waals surface area contributed by atoms with Crippen LogP contribution in [0.3, 0.4) is 0 Å². The molecule has 6 N–H and O–H groups in total. The molecule has 4 amide bonds. The number of para-hydroxylation sites is 1. The predicted octanol–water partition coefficient (Wildman–Crippen LogP) is 0.898. The molecule has 0 aliphatic heterocycles. The molecular formula is C25H32N4O10. The van der Waals surface area contributed by atoms with Crippen LogP contribution in [0.25, 0.3) is 0 Å². The van der Waals surface area contributed by atoms with Crippen LogP contribution in [0.2, 0.25) is 0 Å². The number of nitrogens with two attached hydrogens (primary N) is 2. The topological polar surface area (TPSA) is 215 Å². The van der Waals surface area contributed by atoms with E-state index in [9.17, 15) is 28.8 Å². The van der Waals surface area contributed by atoms with Crippen molar-refractivity contribution >= 4 is 35.9 Å². The highest BCUT2D eigenvalue weighted by molar-refractivity contribution is 5.92. The van der Waals surface area contributed by atoms with Crippen LogP contribution in [-0.2, 0) is 28.7 Å². The van der Waals surface area contributed by atoms with Gasteiger partial charge in [0.15, 0.2) is 11.5 Å². The van der Waals surface area contributed by atoms with E-state index in [0.29, 0.717) is 5.56 Å². The Bertz CT molecular complexity index is 1090. The molecule has 39 heavy (non-hydrogen) atoms. The summed E-state index contributed by atoms with van der Waals surface area (Å²) in [4.78, 5) is 71.4. The number of hydrogen-bond acceptors (Lipinski definition) is 12. The van der Waals surface area contributed by atoms with Crippen molar-refractivity contribution in [2.24, 2.45) is 11.5 Å². The lowest BCUT2D eigenvalue weighted by atomic mass is 10.1. The van der Waals surface area contributed by atoms with Crippen molar-refractivity contribution in [2.75, 3.05) is 13.2 Å². The summed E-state index contributed by atoms with van der Waals surface area (Å²) < 4.78 is 19.8. The zero-order valence-corrected chi connectivity index (χ0v) is 21.4. The fourth-order valence-electron chi connectivity index (χ4n) is 2.70. The third-order valence-corrected chi connectivity index (χ3v) is 4.71. The smallest absolute Gasteiger partial charge is 0.414 e. The molecule has 1 rings (SSSR count). The number of amides is 4. The molecule has 14 nitrogen and oxygen atoms in total. The van der Waals surface area contributed by atoms with Gasteiger partial charge in [-0.25, -0.2) is 19.2 Å². The van der Waals surface area contributed by atoms with Gasteiger partial charge in [-0.3, -0.25) is 20.2 Å². The highest BCUT2D eigenvalue weighted by Crippen LogP contribution is 2.31. The first-order valence-corrected chi connectivity index (χ1v) is 11.7. The number of carbonyl (C=O) groups excluding carboxylic acids is 6. The van der Waals surface area contributed by atoms with Crippen molar-refractivity contribution in [2.45, 2.75) is 44.7 Å². The van der Waals surface area contributed by atoms with Crippen LogP contribution in [0, 0.1) is 6.92 Å². The molecule has 0 unspecified atom stereocenters. The van der Waals surface area contributed by atoms with E-state index in [2.05, 4.69) is 22.6 Å². The van der Waals surface area contributed by atoms with E-state index < -0.39 is 48.0 Å². The van der Waals surface area contributed by atoms with Gasteiger partial charge in [-0.1, -0.05) is 37.4 Å². The van der Waals surface area contributed by atoms with Crippen molar-refractivity contribution in [3.8, 4) is 11.5 Å².